The van der Waals surface area contributed by atoms with E-state index in [-0.39, 0.29) is 24.0 Å². The first kappa shape index (κ1) is 19.3. The number of hydrogen-bond acceptors (Lipinski definition) is 4. The fourth-order valence-corrected chi connectivity index (χ4v) is 3.12. The molecule has 0 atom stereocenters. The Labute approximate surface area is 168 Å². The Hall–Kier alpha value is -2.05. The number of aliphatic imine (C=N–C) groups is 1. The summed E-state index contributed by atoms with van der Waals surface area (Å²) >= 11 is 1.62. The highest BCUT2D eigenvalue weighted by Crippen LogP contribution is 2.31. The molecule has 0 radical (unpaired) electrons. The summed E-state index contributed by atoms with van der Waals surface area (Å²) in [5, 5.41) is 7.06. The number of benzene rings is 1. The fraction of sp³-hybridized carbons (Fsp3) is 0.222. The molecule has 2 heterocycles. The van der Waals surface area contributed by atoms with Gasteiger partial charge in [-0.1, -0.05) is 18.1 Å². The minimum Gasteiger partial charge on any atom is -0.457 e. The number of furan rings is 1. The zero-order chi connectivity index (χ0) is 16.8. The fourth-order valence-electron chi connectivity index (χ4n) is 2.19. The van der Waals surface area contributed by atoms with E-state index >= 15 is 0 Å². The molecule has 3 aromatic rings. The van der Waals surface area contributed by atoms with E-state index in [0.29, 0.717) is 19.0 Å². The molecular weight excluding hydrogens is 447 g/mol. The molecule has 2 N–H and O–H groups in total. The number of aromatic nitrogens is 1. The van der Waals surface area contributed by atoms with Gasteiger partial charge in [-0.25, -0.2) is 9.98 Å². The summed E-state index contributed by atoms with van der Waals surface area (Å²) < 4.78 is 7.03. The van der Waals surface area contributed by atoms with Gasteiger partial charge in [0.25, 0.3) is 0 Å². The van der Waals surface area contributed by atoms with Gasteiger partial charge in [0.2, 0.25) is 0 Å². The van der Waals surface area contributed by atoms with Crippen LogP contribution in [0.25, 0.3) is 21.0 Å². The molecule has 1 aromatic carbocycles. The second kappa shape index (κ2) is 9.44. The Balaban J connectivity index is 0.00000225. The molecule has 0 unspecified atom stereocenters. The van der Waals surface area contributed by atoms with Crippen molar-refractivity contribution >= 4 is 51.5 Å². The molecule has 5 nitrogen and oxygen atoms in total. The summed E-state index contributed by atoms with van der Waals surface area (Å²) in [5.74, 6) is 4.75. The van der Waals surface area contributed by atoms with Crippen molar-refractivity contribution in [3.8, 4) is 23.1 Å². The van der Waals surface area contributed by atoms with Gasteiger partial charge < -0.3 is 15.1 Å². The Morgan fingerprint density at radius 2 is 2.12 bits per heavy atom. The van der Waals surface area contributed by atoms with Gasteiger partial charge in [0, 0.05) is 6.54 Å². The number of terminal acetylenes is 1. The van der Waals surface area contributed by atoms with E-state index in [9.17, 15) is 0 Å². The molecule has 0 spiro atoms. The van der Waals surface area contributed by atoms with Crippen LogP contribution in [0.4, 0.5) is 0 Å². The van der Waals surface area contributed by atoms with Crippen LogP contribution >= 0.6 is 35.3 Å². The summed E-state index contributed by atoms with van der Waals surface area (Å²) in [6.45, 7) is 3.64. The number of para-hydroxylation sites is 1. The lowest BCUT2D eigenvalue weighted by atomic mass is 10.3. The molecule has 0 fully saturated rings. The molecule has 3 rings (SSSR count). The van der Waals surface area contributed by atoms with Crippen molar-refractivity contribution in [3.63, 3.8) is 0 Å². The topological polar surface area (TPSA) is 62.5 Å². The molecule has 0 amide bonds. The van der Waals surface area contributed by atoms with Crippen molar-refractivity contribution in [2.45, 2.75) is 13.5 Å². The quantitative estimate of drug-likeness (QED) is 0.260. The number of hydrogen-bond donors (Lipinski definition) is 2. The van der Waals surface area contributed by atoms with Crippen LogP contribution in [0.3, 0.4) is 0 Å². The van der Waals surface area contributed by atoms with Crippen molar-refractivity contribution in [2.24, 2.45) is 4.99 Å². The van der Waals surface area contributed by atoms with Crippen LogP contribution < -0.4 is 10.6 Å². The number of nitrogens with zero attached hydrogens (tertiary/aromatic N) is 2. The first-order chi connectivity index (χ1) is 11.8. The van der Waals surface area contributed by atoms with Gasteiger partial charge in [-0.05, 0) is 31.2 Å². The highest BCUT2D eigenvalue weighted by atomic mass is 127. The van der Waals surface area contributed by atoms with Gasteiger partial charge in [0.1, 0.15) is 12.3 Å². The van der Waals surface area contributed by atoms with E-state index in [4.69, 9.17) is 10.8 Å². The first-order valence-corrected chi connectivity index (χ1v) is 8.52. The summed E-state index contributed by atoms with van der Waals surface area (Å²) in [6.07, 6.45) is 5.26. The van der Waals surface area contributed by atoms with Gasteiger partial charge in [0.05, 0.1) is 16.8 Å². The SMILES string of the molecule is C#CCNC(=NCc1ccc(-c2nc3ccccc3s2)o1)NCC.I. The van der Waals surface area contributed by atoms with Crippen LogP contribution in [0.2, 0.25) is 0 Å². The Bertz CT molecular complexity index is 861. The van der Waals surface area contributed by atoms with Crippen LogP contribution in [-0.4, -0.2) is 24.0 Å². The van der Waals surface area contributed by atoms with Crippen LogP contribution in [0.5, 0.6) is 0 Å². The second-order valence-electron chi connectivity index (χ2n) is 5.01. The highest BCUT2D eigenvalue weighted by Gasteiger charge is 2.10. The molecule has 2 aromatic heterocycles. The summed E-state index contributed by atoms with van der Waals surface area (Å²) in [7, 11) is 0. The monoisotopic (exact) mass is 466 g/mol. The van der Waals surface area contributed by atoms with Crippen molar-refractivity contribution in [1.82, 2.24) is 15.6 Å². The third kappa shape index (κ3) is 4.96. The molecule has 0 bridgehead atoms. The smallest absolute Gasteiger partial charge is 0.192 e. The highest BCUT2D eigenvalue weighted by molar-refractivity contribution is 14.0. The number of thiazole rings is 1. The van der Waals surface area contributed by atoms with E-state index in [1.54, 1.807) is 11.3 Å². The van der Waals surface area contributed by atoms with E-state index < -0.39 is 0 Å². The summed E-state index contributed by atoms with van der Waals surface area (Å²) in [5.41, 5.74) is 0.987. The molecule has 0 saturated heterocycles. The number of halogens is 1. The van der Waals surface area contributed by atoms with Crippen LogP contribution in [0.1, 0.15) is 12.7 Å². The van der Waals surface area contributed by atoms with Crippen LogP contribution in [0, 0.1) is 12.3 Å². The van der Waals surface area contributed by atoms with E-state index in [2.05, 4.69) is 32.6 Å². The van der Waals surface area contributed by atoms with E-state index in [0.717, 1.165) is 33.3 Å². The molecule has 25 heavy (non-hydrogen) atoms. The standard InChI is InChI=1S/C18H18N4OS.HI/c1-3-11-20-18(19-4-2)21-12-13-9-10-15(23-13)17-22-14-7-5-6-8-16(14)24-17;/h1,5-10H,4,11-12H2,2H3,(H2,19,20,21);1H. The van der Waals surface area contributed by atoms with Crippen molar-refractivity contribution in [1.29, 1.82) is 0 Å². The number of fused-ring (bicyclic) bond motifs is 1. The predicted molar refractivity (Wildman–Crippen MR) is 114 cm³/mol. The lowest BCUT2D eigenvalue weighted by molar-refractivity contribution is 0.524. The van der Waals surface area contributed by atoms with Gasteiger partial charge in [-0.3, -0.25) is 0 Å². The maximum Gasteiger partial charge on any atom is 0.192 e. The Kier molecular flexibility index (Phi) is 7.28. The first-order valence-electron chi connectivity index (χ1n) is 7.70. The van der Waals surface area contributed by atoms with Crippen molar-refractivity contribution in [3.05, 3.63) is 42.2 Å². The largest absolute Gasteiger partial charge is 0.457 e. The zero-order valence-electron chi connectivity index (χ0n) is 13.8. The predicted octanol–water partition coefficient (Wildman–Crippen LogP) is 3.86. The van der Waals surface area contributed by atoms with Crippen LogP contribution in [-0.2, 0) is 6.54 Å². The molecule has 130 valence electrons. The Morgan fingerprint density at radius 3 is 2.88 bits per heavy atom. The number of guanidine groups is 1. The molecule has 0 saturated carbocycles. The van der Waals surface area contributed by atoms with Crippen LogP contribution in [0.15, 0.2) is 45.8 Å². The van der Waals surface area contributed by atoms with E-state index in [1.807, 2.05) is 37.3 Å². The third-order valence-corrected chi connectivity index (χ3v) is 4.31. The minimum atomic E-state index is 0. The summed E-state index contributed by atoms with van der Waals surface area (Å²) in [4.78, 5) is 9.06. The summed E-state index contributed by atoms with van der Waals surface area (Å²) in [6, 6.07) is 11.9. The molecule has 0 aliphatic carbocycles. The number of rotatable bonds is 5. The maximum absolute atomic E-state index is 5.88. The van der Waals surface area contributed by atoms with Crippen molar-refractivity contribution in [2.75, 3.05) is 13.1 Å². The number of nitrogens with one attached hydrogen (secondary N) is 2. The van der Waals surface area contributed by atoms with Crippen molar-refractivity contribution < 1.29 is 4.42 Å². The minimum absolute atomic E-state index is 0. The normalized spacial score (nSPS) is 11.0. The molecule has 7 heteroatoms. The van der Waals surface area contributed by atoms with Gasteiger partial charge in [-0.15, -0.1) is 41.7 Å². The zero-order valence-corrected chi connectivity index (χ0v) is 16.9. The lowest BCUT2D eigenvalue weighted by Crippen LogP contribution is -2.37. The lowest BCUT2D eigenvalue weighted by Gasteiger charge is -2.07. The molecular formula is C18H19IN4OS. The second-order valence-corrected chi connectivity index (χ2v) is 6.04. The Morgan fingerprint density at radius 1 is 1.28 bits per heavy atom. The molecule has 0 aliphatic heterocycles. The molecule has 0 aliphatic rings. The van der Waals surface area contributed by atoms with Gasteiger partial charge in [-0.2, -0.15) is 0 Å². The van der Waals surface area contributed by atoms with E-state index in [1.165, 1.54) is 0 Å². The average Bonchev–Trinajstić information content (AvgIpc) is 3.23. The van der Waals surface area contributed by atoms with Gasteiger partial charge >= 0.3 is 0 Å². The van der Waals surface area contributed by atoms with Gasteiger partial charge in [0.15, 0.2) is 16.7 Å². The average molecular weight is 466 g/mol. The third-order valence-electron chi connectivity index (χ3n) is 3.26. The maximum atomic E-state index is 5.88.